The van der Waals surface area contributed by atoms with Crippen molar-refractivity contribution in [2.75, 3.05) is 0 Å². The summed E-state index contributed by atoms with van der Waals surface area (Å²) in [6.07, 6.45) is 1.25. The van der Waals surface area contributed by atoms with Gasteiger partial charge in [0, 0.05) is 29.7 Å². The highest BCUT2D eigenvalue weighted by Gasteiger charge is 2.63. The molecule has 0 radical (unpaired) electrons. The van der Waals surface area contributed by atoms with E-state index in [4.69, 9.17) is 4.84 Å². The lowest BCUT2D eigenvalue weighted by atomic mass is 10.1. The summed E-state index contributed by atoms with van der Waals surface area (Å²) in [6.45, 7) is 8.71. The van der Waals surface area contributed by atoms with Gasteiger partial charge in [-0.1, -0.05) is 41.9 Å². The Kier molecular flexibility index (Phi) is 3.15. The molecule has 0 spiro atoms. The molecule has 2 heteroatoms. The second-order valence-corrected chi connectivity index (χ2v) is 5.63. The van der Waals surface area contributed by atoms with E-state index in [0.29, 0.717) is 4.65 Å². The highest BCUT2D eigenvalue weighted by molar-refractivity contribution is 5.66. The molecule has 2 aromatic rings. The summed E-state index contributed by atoms with van der Waals surface area (Å²) >= 11 is 0. The zero-order valence-electron chi connectivity index (χ0n) is 12.7. The number of para-hydroxylation sites is 1. The van der Waals surface area contributed by atoms with E-state index in [1.165, 1.54) is 28.1 Å². The van der Waals surface area contributed by atoms with Crippen molar-refractivity contribution in [2.24, 2.45) is 0 Å². The molecule has 104 valence electrons. The van der Waals surface area contributed by atoms with Gasteiger partial charge in [-0.3, -0.25) is 0 Å². The summed E-state index contributed by atoms with van der Waals surface area (Å²) in [7, 11) is 0. The molecule has 1 heterocycles. The average molecular weight is 268 g/mol. The highest BCUT2D eigenvalue weighted by atomic mass is 16.9. The van der Waals surface area contributed by atoms with Gasteiger partial charge < -0.3 is 0 Å². The number of hydrogen-bond acceptors (Lipinski definition) is 1. The van der Waals surface area contributed by atoms with Gasteiger partial charge in [-0.05, 0) is 26.3 Å². The molecule has 0 aliphatic carbocycles. The van der Waals surface area contributed by atoms with Crippen LogP contribution >= 0.6 is 0 Å². The first-order chi connectivity index (χ1) is 9.61. The number of nitrogens with zero attached hydrogens (tertiary/aromatic N) is 1. The van der Waals surface area contributed by atoms with Gasteiger partial charge in [-0.25, -0.2) is 0 Å². The number of hydrogen-bond donors (Lipinski definition) is 0. The van der Waals surface area contributed by atoms with Crippen LogP contribution in [0.1, 0.15) is 30.0 Å². The Bertz CT molecular complexity index is 650. The topological polar surface area (TPSA) is 12.5 Å². The van der Waals surface area contributed by atoms with Crippen LogP contribution in [0, 0.1) is 20.8 Å². The van der Waals surface area contributed by atoms with E-state index in [1.54, 1.807) is 0 Å². The molecule has 0 N–H and O–H groups in total. The minimum atomic E-state index is 0.233. The quantitative estimate of drug-likeness (QED) is 0.568. The van der Waals surface area contributed by atoms with Crippen LogP contribution in [-0.2, 0) is 4.84 Å². The number of aryl methyl sites for hydroxylation is 2. The number of hydroxylamine groups is 1. The molecule has 0 bridgehead atoms. The first-order valence-corrected chi connectivity index (χ1v) is 7.31. The zero-order valence-corrected chi connectivity index (χ0v) is 12.7. The van der Waals surface area contributed by atoms with Crippen molar-refractivity contribution >= 4 is 11.4 Å². The second kappa shape index (κ2) is 4.72. The first kappa shape index (κ1) is 13.3. The van der Waals surface area contributed by atoms with Crippen LogP contribution in [0.5, 0.6) is 0 Å². The van der Waals surface area contributed by atoms with Gasteiger partial charge in [0.15, 0.2) is 11.4 Å². The van der Waals surface area contributed by atoms with Crippen LogP contribution in [0.2, 0.25) is 0 Å². The third-order valence-electron chi connectivity index (χ3n) is 4.40. The van der Waals surface area contributed by atoms with Crippen LogP contribution in [0.15, 0.2) is 42.5 Å². The van der Waals surface area contributed by atoms with Crippen molar-refractivity contribution in [1.29, 1.82) is 0 Å². The number of rotatable bonds is 3. The average Bonchev–Trinajstić information content (AvgIpc) is 3.18. The Balaban J connectivity index is 2.20. The van der Waals surface area contributed by atoms with Crippen molar-refractivity contribution in [3.63, 3.8) is 0 Å². The van der Waals surface area contributed by atoms with Gasteiger partial charge >= 0.3 is 0 Å². The van der Waals surface area contributed by atoms with Crippen molar-refractivity contribution in [3.8, 4) is 0 Å². The van der Waals surface area contributed by atoms with Crippen molar-refractivity contribution < 1.29 is 4.84 Å². The summed E-state index contributed by atoms with van der Waals surface area (Å²) in [5.41, 5.74) is 6.45. The number of quaternary nitrogens is 1. The Morgan fingerprint density at radius 3 is 2.20 bits per heavy atom. The minimum Gasteiger partial charge on any atom is -0.122 e. The van der Waals surface area contributed by atoms with Gasteiger partial charge in [0.2, 0.25) is 0 Å². The summed E-state index contributed by atoms with van der Waals surface area (Å²) in [5.74, 6) is 0. The van der Waals surface area contributed by atoms with Crippen LogP contribution in [0.3, 0.4) is 0 Å². The summed E-state index contributed by atoms with van der Waals surface area (Å²) < 4.78 is 0.552. The molecule has 3 rings (SSSR count). The molecule has 1 saturated heterocycles. The van der Waals surface area contributed by atoms with Crippen LogP contribution in [0.25, 0.3) is 0 Å². The van der Waals surface area contributed by atoms with E-state index in [9.17, 15) is 0 Å². The lowest BCUT2D eigenvalue weighted by Crippen LogP contribution is -2.24. The van der Waals surface area contributed by atoms with Gasteiger partial charge in [0.25, 0.3) is 6.23 Å². The molecule has 0 saturated carbocycles. The molecular weight excluding hydrogens is 246 g/mol. The van der Waals surface area contributed by atoms with Crippen LogP contribution in [-0.4, -0.2) is 6.23 Å². The SMILES string of the molecule is CCC1O[N+]1(c1ccccc1C)c1cccc(C)c1C. The third-order valence-corrected chi connectivity index (χ3v) is 4.40. The van der Waals surface area contributed by atoms with Gasteiger partial charge in [0.1, 0.15) is 0 Å². The monoisotopic (exact) mass is 268 g/mol. The molecule has 0 amide bonds. The fourth-order valence-electron chi connectivity index (χ4n) is 3.08. The van der Waals surface area contributed by atoms with Gasteiger partial charge in [0.05, 0.1) is 0 Å². The molecule has 1 aliphatic heterocycles. The molecule has 2 atom stereocenters. The molecule has 20 heavy (non-hydrogen) atoms. The van der Waals surface area contributed by atoms with E-state index in [-0.39, 0.29) is 6.23 Å². The van der Waals surface area contributed by atoms with Gasteiger partial charge in [-0.15, -0.1) is 4.84 Å². The standard InChI is InChI=1S/C18H22NO/c1-5-18-19(20-18,16-11-7-6-9-14(16)3)17-12-8-10-13(2)15(17)4/h6-12,18H,5H2,1-4H3/q+1. The van der Waals surface area contributed by atoms with E-state index < -0.39 is 0 Å². The van der Waals surface area contributed by atoms with E-state index >= 15 is 0 Å². The Labute approximate surface area is 121 Å². The van der Waals surface area contributed by atoms with Crippen molar-refractivity contribution in [3.05, 3.63) is 59.2 Å². The third kappa shape index (κ3) is 1.80. The number of benzene rings is 2. The fraction of sp³-hybridized carbons (Fsp3) is 0.333. The second-order valence-electron chi connectivity index (χ2n) is 5.63. The molecule has 2 unspecified atom stereocenters. The smallest absolute Gasteiger partial charge is 0.122 e. The van der Waals surface area contributed by atoms with Crippen molar-refractivity contribution in [2.45, 2.75) is 40.3 Å². The maximum Gasteiger partial charge on any atom is 0.284 e. The highest BCUT2D eigenvalue weighted by Crippen LogP contribution is 2.53. The largest absolute Gasteiger partial charge is 0.284 e. The molecule has 1 aliphatic rings. The predicted molar refractivity (Wildman–Crippen MR) is 83.7 cm³/mol. The Hall–Kier alpha value is -1.64. The van der Waals surface area contributed by atoms with E-state index in [2.05, 4.69) is 70.2 Å². The maximum absolute atomic E-state index is 6.18. The minimum absolute atomic E-state index is 0.233. The van der Waals surface area contributed by atoms with Gasteiger partial charge in [-0.2, -0.15) is 0 Å². The first-order valence-electron chi connectivity index (χ1n) is 7.31. The summed E-state index contributed by atoms with van der Waals surface area (Å²) in [4.78, 5) is 6.18. The lowest BCUT2D eigenvalue weighted by molar-refractivity contribution is 0.259. The molecule has 1 fully saturated rings. The zero-order chi connectivity index (χ0) is 14.3. The summed E-state index contributed by atoms with van der Waals surface area (Å²) in [6, 6.07) is 15.0. The van der Waals surface area contributed by atoms with Crippen LogP contribution < -0.4 is 4.65 Å². The molecule has 2 aromatic carbocycles. The van der Waals surface area contributed by atoms with Crippen LogP contribution in [0.4, 0.5) is 11.4 Å². The Morgan fingerprint density at radius 1 is 0.900 bits per heavy atom. The maximum atomic E-state index is 6.18. The molecular formula is C18H22NO+. The van der Waals surface area contributed by atoms with Crippen molar-refractivity contribution in [1.82, 2.24) is 4.65 Å². The fourth-order valence-corrected chi connectivity index (χ4v) is 3.08. The van der Waals surface area contributed by atoms with E-state index in [1.807, 2.05) is 0 Å². The summed E-state index contributed by atoms with van der Waals surface area (Å²) in [5, 5.41) is 0. The normalized spacial score (nSPS) is 24.7. The van der Waals surface area contributed by atoms with E-state index in [0.717, 1.165) is 6.42 Å². The lowest BCUT2D eigenvalue weighted by Gasteiger charge is -2.17. The Morgan fingerprint density at radius 2 is 1.55 bits per heavy atom. The molecule has 2 nitrogen and oxygen atoms in total. The molecule has 0 aromatic heterocycles. The predicted octanol–water partition coefficient (Wildman–Crippen LogP) is 4.93.